The highest BCUT2D eigenvalue weighted by molar-refractivity contribution is 14.0. The second kappa shape index (κ2) is 10.4. The summed E-state index contributed by atoms with van der Waals surface area (Å²) in [5, 5.41) is 7.50. The van der Waals surface area contributed by atoms with Crippen LogP contribution in [0.1, 0.15) is 23.5 Å². The van der Waals surface area contributed by atoms with E-state index in [0.717, 1.165) is 31.0 Å². The first kappa shape index (κ1) is 23.6. The highest BCUT2D eigenvalue weighted by Crippen LogP contribution is 2.26. The topological polar surface area (TPSA) is 91.6 Å². The van der Waals surface area contributed by atoms with Crippen molar-refractivity contribution in [3.05, 3.63) is 47.8 Å². The third-order valence-corrected chi connectivity index (χ3v) is 6.40. The molecule has 0 spiro atoms. The molecule has 1 aliphatic heterocycles. The first-order valence-electron chi connectivity index (χ1n) is 9.39. The Kier molecular flexibility index (Phi) is 8.46. The summed E-state index contributed by atoms with van der Waals surface area (Å²) in [5.74, 6) is 1.23. The largest absolute Gasteiger partial charge is 0.355 e. The number of aromatic nitrogens is 2. The van der Waals surface area contributed by atoms with E-state index >= 15 is 0 Å². The van der Waals surface area contributed by atoms with Gasteiger partial charge >= 0.3 is 0 Å². The lowest BCUT2D eigenvalue weighted by Gasteiger charge is -2.21. The third kappa shape index (κ3) is 6.16. The zero-order chi connectivity index (χ0) is 20.1. The SMILES string of the molecule is CN=C(NCCNS(=O)(=O)c1ccc(C)cc1)N1CCC(c2cnn(C)c2)C1.I. The summed E-state index contributed by atoms with van der Waals surface area (Å²) in [4.78, 5) is 6.82. The van der Waals surface area contributed by atoms with Gasteiger partial charge in [-0.15, -0.1) is 24.0 Å². The molecule has 1 saturated heterocycles. The van der Waals surface area contributed by atoms with Crippen molar-refractivity contribution in [1.82, 2.24) is 24.7 Å². The molecule has 1 aliphatic rings. The smallest absolute Gasteiger partial charge is 0.240 e. The number of likely N-dealkylation sites (tertiary alicyclic amines) is 1. The van der Waals surface area contributed by atoms with Crippen LogP contribution >= 0.6 is 24.0 Å². The van der Waals surface area contributed by atoms with Gasteiger partial charge in [-0.05, 0) is 31.0 Å². The number of aliphatic imine (C=N–C) groups is 1. The van der Waals surface area contributed by atoms with E-state index in [4.69, 9.17) is 0 Å². The van der Waals surface area contributed by atoms with Gasteiger partial charge in [-0.2, -0.15) is 5.10 Å². The Bertz CT molecular complexity index is 926. The summed E-state index contributed by atoms with van der Waals surface area (Å²) in [6, 6.07) is 6.82. The molecule has 1 aromatic carbocycles. The number of nitrogens with zero attached hydrogens (tertiary/aromatic N) is 4. The quantitative estimate of drug-likeness (QED) is 0.256. The molecule has 1 atom stereocenters. The van der Waals surface area contributed by atoms with E-state index in [1.54, 1.807) is 31.3 Å². The van der Waals surface area contributed by atoms with Gasteiger partial charge in [0, 0.05) is 52.4 Å². The first-order chi connectivity index (χ1) is 13.4. The van der Waals surface area contributed by atoms with Gasteiger partial charge in [-0.1, -0.05) is 17.7 Å². The predicted molar refractivity (Wildman–Crippen MR) is 125 cm³/mol. The summed E-state index contributed by atoms with van der Waals surface area (Å²) in [7, 11) is 0.175. The van der Waals surface area contributed by atoms with Crippen LogP contribution in [0.2, 0.25) is 0 Å². The molecule has 0 amide bonds. The highest BCUT2D eigenvalue weighted by Gasteiger charge is 2.26. The summed E-state index contributed by atoms with van der Waals surface area (Å²) < 4.78 is 29.1. The van der Waals surface area contributed by atoms with Crippen LogP contribution in [0, 0.1) is 6.92 Å². The molecule has 2 heterocycles. The molecule has 29 heavy (non-hydrogen) atoms. The van der Waals surface area contributed by atoms with E-state index in [2.05, 4.69) is 31.2 Å². The first-order valence-corrected chi connectivity index (χ1v) is 10.9. The molecule has 0 radical (unpaired) electrons. The van der Waals surface area contributed by atoms with E-state index < -0.39 is 10.0 Å². The van der Waals surface area contributed by atoms with E-state index in [9.17, 15) is 8.42 Å². The molecule has 160 valence electrons. The van der Waals surface area contributed by atoms with E-state index in [1.807, 2.05) is 24.9 Å². The van der Waals surface area contributed by atoms with Crippen LogP contribution in [0.15, 0.2) is 46.5 Å². The minimum Gasteiger partial charge on any atom is -0.355 e. The fraction of sp³-hybridized carbons (Fsp3) is 0.474. The van der Waals surface area contributed by atoms with E-state index in [0.29, 0.717) is 12.5 Å². The number of sulfonamides is 1. The van der Waals surface area contributed by atoms with Crippen LogP contribution in [0.3, 0.4) is 0 Å². The highest BCUT2D eigenvalue weighted by atomic mass is 127. The van der Waals surface area contributed by atoms with Gasteiger partial charge in [0.05, 0.1) is 11.1 Å². The molecule has 1 fully saturated rings. The zero-order valence-electron chi connectivity index (χ0n) is 17.0. The van der Waals surface area contributed by atoms with Crippen LogP contribution in [0.4, 0.5) is 0 Å². The maximum Gasteiger partial charge on any atom is 0.240 e. The number of benzene rings is 1. The van der Waals surface area contributed by atoms with Crippen LogP contribution < -0.4 is 10.0 Å². The second-order valence-electron chi connectivity index (χ2n) is 7.06. The van der Waals surface area contributed by atoms with Crippen LogP contribution in [-0.4, -0.2) is 62.3 Å². The molecule has 10 heteroatoms. The van der Waals surface area contributed by atoms with Gasteiger partial charge in [-0.3, -0.25) is 9.67 Å². The molecule has 3 rings (SSSR count). The number of rotatable bonds is 6. The second-order valence-corrected chi connectivity index (χ2v) is 8.83. The number of nitrogens with one attached hydrogen (secondary N) is 2. The van der Waals surface area contributed by atoms with Crippen LogP contribution in [-0.2, 0) is 17.1 Å². The molecule has 0 aliphatic carbocycles. The molecular formula is C19H29IN6O2S. The van der Waals surface area contributed by atoms with Gasteiger partial charge in [0.2, 0.25) is 10.0 Å². The minimum atomic E-state index is -3.50. The number of hydrogen-bond acceptors (Lipinski definition) is 4. The maximum atomic E-state index is 12.3. The number of aryl methyl sites for hydroxylation is 2. The van der Waals surface area contributed by atoms with Gasteiger partial charge in [0.15, 0.2) is 5.96 Å². The van der Waals surface area contributed by atoms with Gasteiger partial charge in [0.1, 0.15) is 0 Å². The zero-order valence-corrected chi connectivity index (χ0v) is 20.1. The predicted octanol–water partition coefficient (Wildman–Crippen LogP) is 1.69. The summed E-state index contributed by atoms with van der Waals surface area (Å²) in [6.45, 7) is 4.46. The lowest BCUT2D eigenvalue weighted by molar-refractivity contribution is 0.486. The van der Waals surface area contributed by atoms with Crippen molar-refractivity contribution in [1.29, 1.82) is 0 Å². The monoisotopic (exact) mass is 532 g/mol. The fourth-order valence-corrected chi connectivity index (χ4v) is 4.40. The van der Waals surface area contributed by atoms with Gasteiger partial charge < -0.3 is 10.2 Å². The number of guanidine groups is 1. The van der Waals surface area contributed by atoms with Crippen molar-refractivity contribution in [3.8, 4) is 0 Å². The Morgan fingerprint density at radius 2 is 2.00 bits per heavy atom. The summed E-state index contributed by atoms with van der Waals surface area (Å²) in [5.41, 5.74) is 2.27. The normalized spacial score (nSPS) is 17.3. The Hall–Kier alpha value is -1.66. The van der Waals surface area contributed by atoms with Crippen molar-refractivity contribution in [3.63, 3.8) is 0 Å². The van der Waals surface area contributed by atoms with Crippen molar-refractivity contribution >= 4 is 40.0 Å². The molecule has 1 aromatic heterocycles. The Morgan fingerprint density at radius 3 is 2.62 bits per heavy atom. The van der Waals surface area contributed by atoms with Crippen molar-refractivity contribution in [2.75, 3.05) is 33.2 Å². The van der Waals surface area contributed by atoms with Crippen LogP contribution in [0.5, 0.6) is 0 Å². The fourth-order valence-electron chi connectivity index (χ4n) is 3.37. The minimum absolute atomic E-state index is 0. The molecule has 0 bridgehead atoms. The molecular weight excluding hydrogens is 503 g/mol. The van der Waals surface area contributed by atoms with E-state index in [-0.39, 0.29) is 35.4 Å². The number of halogens is 1. The lowest BCUT2D eigenvalue weighted by atomic mass is 10.0. The summed E-state index contributed by atoms with van der Waals surface area (Å²) >= 11 is 0. The van der Waals surface area contributed by atoms with E-state index in [1.165, 1.54) is 5.56 Å². The average Bonchev–Trinajstić information content (AvgIpc) is 3.31. The van der Waals surface area contributed by atoms with Crippen LogP contribution in [0.25, 0.3) is 0 Å². The van der Waals surface area contributed by atoms with Gasteiger partial charge in [-0.25, -0.2) is 13.1 Å². The molecule has 2 N–H and O–H groups in total. The molecule has 8 nitrogen and oxygen atoms in total. The third-order valence-electron chi connectivity index (χ3n) is 4.93. The van der Waals surface area contributed by atoms with Crippen molar-refractivity contribution in [2.45, 2.75) is 24.2 Å². The summed E-state index contributed by atoms with van der Waals surface area (Å²) in [6.07, 6.45) is 5.03. The Morgan fingerprint density at radius 1 is 1.28 bits per heavy atom. The van der Waals surface area contributed by atoms with Gasteiger partial charge in [0.25, 0.3) is 0 Å². The Labute approximate surface area is 189 Å². The van der Waals surface area contributed by atoms with Crippen molar-refractivity contribution < 1.29 is 8.42 Å². The lowest BCUT2D eigenvalue weighted by Crippen LogP contribution is -2.43. The molecule has 2 aromatic rings. The number of hydrogen-bond donors (Lipinski definition) is 2. The Balaban J connectivity index is 0.00000300. The average molecular weight is 532 g/mol. The molecule has 1 unspecified atom stereocenters. The van der Waals surface area contributed by atoms with Crippen molar-refractivity contribution in [2.24, 2.45) is 12.0 Å². The molecule has 0 saturated carbocycles. The standard InChI is InChI=1S/C19H28N6O2S.HI/c1-15-4-6-18(7-5-15)28(26,27)23-10-9-21-19(20-2)25-11-8-16(14-25)17-12-22-24(3)13-17;/h4-7,12-13,16,23H,8-11,14H2,1-3H3,(H,20,21);1H. The maximum absolute atomic E-state index is 12.3.